The molecule has 2 aromatic rings. The number of hydrogen-bond donors (Lipinski definition) is 1. The second kappa shape index (κ2) is 6.05. The van der Waals surface area contributed by atoms with Crippen LogP contribution in [0.3, 0.4) is 0 Å². The maximum atomic E-state index is 13.1. The van der Waals surface area contributed by atoms with Crippen molar-refractivity contribution in [3.05, 3.63) is 57.6 Å². The molecule has 0 amide bonds. The van der Waals surface area contributed by atoms with Crippen molar-refractivity contribution in [1.82, 2.24) is 0 Å². The van der Waals surface area contributed by atoms with Gasteiger partial charge < -0.3 is 14.6 Å². The molecule has 128 valence electrons. The van der Waals surface area contributed by atoms with Crippen LogP contribution in [0, 0.1) is 0 Å². The zero-order valence-corrected chi connectivity index (χ0v) is 14.0. The number of benzene rings is 2. The molecule has 0 aliphatic heterocycles. The molecule has 6 nitrogen and oxygen atoms in total. The largest absolute Gasteiger partial charge is 0.507 e. The van der Waals surface area contributed by atoms with Gasteiger partial charge in [0.15, 0.2) is 11.6 Å². The van der Waals surface area contributed by atoms with E-state index in [4.69, 9.17) is 9.47 Å². The van der Waals surface area contributed by atoms with Gasteiger partial charge in [-0.15, -0.1) is 0 Å². The Bertz CT molecular complexity index is 926. The summed E-state index contributed by atoms with van der Waals surface area (Å²) in [5.74, 6) is -1.66. The molecule has 0 spiro atoms. The molecule has 0 radical (unpaired) electrons. The molecule has 3 rings (SSSR count). The van der Waals surface area contributed by atoms with Crippen LogP contribution in [0.25, 0.3) is 0 Å². The summed E-state index contributed by atoms with van der Waals surface area (Å²) in [6.45, 7) is 1.73. The quantitative estimate of drug-likeness (QED) is 0.737. The summed E-state index contributed by atoms with van der Waals surface area (Å²) in [4.78, 5) is 38.0. The smallest absolute Gasteiger partial charge is 0.341 e. The first-order chi connectivity index (χ1) is 12.0. The highest BCUT2D eigenvalue weighted by atomic mass is 16.5. The van der Waals surface area contributed by atoms with Gasteiger partial charge in [-0.3, -0.25) is 9.59 Å². The summed E-state index contributed by atoms with van der Waals surface area (Å²) in [5.41, 5.74) is 0.762. The third-order valence-corrected chi connectivity index (χ3v) is 4.34. The maximum Gasteiger partial charge on any atom is 0.341 e. The summed E-state index contributed by atoms with van der Waals surface area (Å²) in [6, 6.07) is 5.92. The minimum atomic E-state index is -0.761. The zero-order chi connectivity index (χ0) is 18.3. The van der Waals surface area contributed by atoms with E-state index in [-0.39, 0.29) is 51.3 Å². The van der Waals surface area contributed by atoms with Crippen LogP contribution in [0.5, 0.6) is 11.5 Å². The maximum absolute atomic E-state index is 13.1. The standard InChI is InChI=1S/C19H16O6/c1-4-9-14-11(8-12(20)15(9)19(23)25-3)17(21)10-6-5-7-13(24-2)16(10)18(14)22/h5-8,20H,4H2,1-3H3. The molecule has 0 unspecified atom stereocenters. The second-order valence-electron chi connectivity index (χ2n) is 5.56. The molecule has 0 atom stereocenters. The lowest BCUT2D eigenvalue weighted by atomic mass is 9.79. The average molecular weight is 340 g/mol. The highest BCUT2D eigenvalue weighted by Gasteiger charge is 2.36. The van der Waals surface area contributed by atoms with E-state index in [1.165, 1.54) is 20.3 Å². The number of ether oxygens (including phenoxy) is 2. The van der Waals surface area contributed by atoms with E-state index >= 15 is 0 Å². The number of carbonyl (C=O) groups is 3. The van der Waals surface area contributed by atoms with Gasteiger partial charge in [0.1, 0.15) is 17.1 Å². The SMILES string of the molecule is CCc1c(C(=O)OC)c(O)cc2c1C(=O)c1c(OC)cccc1C2=O. The number of phenols is 1. The fourth-order valence-corrected chi connectivity index (χ4v) is 3.24. The Labute approximate surface area is 144 Å². The topological polar surface area (TPSA) is 89.9 Å². The molecular formula is C19H16O6. The third kappa shape index (κ3) is 2.29. The lowest BCUT2D eigenvalue weighted by molar-refractivity contribution is 0.0595. The first kappa shape index (κ1) is 16.7. The fourth-order valence-electron chi connectivity index (χ4n) is 3.24. The average Bonchev–Trinajstić information content (AvgIpc) is 2.63. The Morgan fingerprint density at radius 2 is 1.80 bits per heavy atom. The van der Waals surface area contributed by atoms with E-state index < -0.39 is 17.5 Å². The van der Waals surface area contributed by atoms with E-state index in [9.17, 15) is 19.5 Å². The lowest BCUT2D eigenvalue weighted by Gasteiger charge is -2.23. The highest BCUT2D eigenvalue weighted by Crippen LogP contribution is 2.38. The van der Waals surface area contributed by atoms with Gasteiger partial charge in [0.25, 0.3) is 0 Å². The minimum absolute atomic E-state index is 0.0766. The molecule has 2 aromatic carbocycles. The number of carbonyl (C=O) groups excluding carboxylic acids is 3. The van der Waals surface area contributed by atoms with E-state index in [1.807, 2.05) is 0 Å². The fraction of sp³-hybridized carbons (Fsp3) is 0.211. The molecule has 1 aliphatic carbocycles. The van der Waals surface area contributed by atoms with Crippen LogP contribution >= 0.6 is 0 Å². The van der Waals surface area contributed by atoms with Crippen LogP contribution < -0.4 is 4.74 Å². The molecule has 0 saturated heterocycles. The number of phenolic OH excluding ortho intramolecular Hbond substituents is 1. The van der Waals surface area contributed by atoms with Crippen molar-refractivity contribution in [3.8, 4) is 11.5 Å². The predicted molar refractivity (Wildman–Crippen MR) is 88.7 cm³/mol. The number of fused-ring (bicyclic) bond motifs is 2. The van der Waals surface area contributed by atoms with Crippen LogP contribution in [-0.4, -0.2) is 36.9 Å². The van der Waals surface area contributed by atoms with Crippen molar-refractivity contribution >= 4 is 17.5 Å². The van der Waals surface area contributed by atoms with Crippen LogP contribution in [0.15, 0.2) is 24.3 Å². The van der Waals surface area contributed by atoms with E-state index in [0.29, 0.717) is 0 Å². The Kier molecular flexibility index (Phi) is 4.04. The lowest BCUT2D eigenvalue weighted by Crippen LogP contribution is -2.25. The number of aromatic hydroxyl groups is 1. The van der Waals surface area contributed by atoms with Crippen molar-refractivity contribution in [2.45, 2.75) is 13.3 Å². The third-order valence-electron chi connectivity index (χ3n) is 4.34. The second-order valence-corrected chi connectivity index (χ2v) is 5.56. The number of ketones is 2. The first-order valence-corrected chi connectivity index (χ1v) is 7.69. The van der Waals surface area contributed by atoms with Crippen LogP contribution in [0.4, 0.5) is 0 Å². The minimum Gasteiger partial charge on any atom is -0.507 e. The molecule has 0 aromatic heterocycles. The summed E-state index contributed by atoms with van der Waals surface area (Å²) in [5, 5.41) is 10.2. The van der Waals surface area contributed by atoms with Crippen LogP contribution in [-0.2, 0) is 11.2 Å². The number of rotatable bonds is 3. The van der Waals surface area contributed by atoms with Gasteiger partial charge in [0, 0.05) is 16.7 Å². The predicted octanol–water partition coefficient (Wildman–Crippen LogP) is 2.53. The Hall–Kier alpha value is -3.15. The number of esters is 1. The summed E-state index contributed by atoms with van der Waals surface area (Å²) in [6.07, 6.45) is 0.269. The first-order valence-electron chi connectivity index (χ1n) is 7.69. The van der Waals surface area contributed by atoms with Gasteiger partial charge in [-0.05, 0) is 24.1 Å². The highest BCUT2D eigenvalue weighted by molar-refractivity contribution is 6.30. The van der Waals surface area contributed by atoms with Gasteiger partial charge in [0.05, 0.1) is 19.8 Å². The summed E-state index contributed by atoms with van der Waals surface area (Å²) in [7, 11) is 2.60. The molecular weight excluding hydrogens is 324 g/mol. The van der Waals surface area contributed by atoms with Crippen molar-refractivity contribution < 1.29 is 29.0 Å². The normalized spacial score (nSPS) is 12.4. The van der Waals surface area contributed by atoms with Crippen molar-refractivity contribution in [3.63, 3.8) is 0 Å². The monoisotopic (exact) mass is 340 g/mol. The van der Waals surface area contributed by atoms with Crippen LogP contribution in [0.1, 0.15) is 54.7 Å². The van der Waals surface area contributed by atoms with E-state index in [1.54, 1.807) is 19.1 Å². The Morgan fingerprint density at radius 1 is 1.08 bits per heavy atom. The van der Waals surface area contributed by atoms with E-state index in [2.05, 4.69) is 0 Å². The Morgan fingerprint density at radius 3 is 2.40 bits per heavy atom. The molecule has 6 heteroatoms. The molecule has 0 bridgehead atoms. The molecule has 0 fully saturated rings. The molecule has 1 aliphatic rings. The van der Waals surface area contributed by atoms with Crippen LogP contribution in [0.2, 0.25) is 0 Å². The van der Waals surface area contributed by atoms with Gasteiger partial charge >= 0.3 is 5.97 Å². The Balaban J connectivity index is 2.39. The summed E-state index contributed by atoms with van der Waals surface area (Å²) >= 11 is 0. The van der Waals surface area contributed by atoms with Gasteiger partial charge in [-0.2, -0.15) is 0 Å². The van der Waals surface area contributed by atoms with Gasteiger partial charge in [-0.25, -0.2) is 4.79 Å². The van der Waals surface area contributed by atoms with Gasteiger partial charge in [0.2, 0.25) is 0 Å². The molecule has 0 saturated carbocycles. The van der Waals surface area contributed by atoms with Crippen molar-refractivity contribution in [2.75, 3.05) is 14.2 Å². The molecule has 1 N–H and O–H groups in total. The zero-order valence-electron chi connectivity index (χ0n) is 14.0. The summed E-state index contributed by atoms with van der Waals surface area (Å²) < 4.78 is 9.94. The van der Waals surface area contributed by atoms with E-state index in [0.717, 1.165) is 6.07 Å². The number of methoxy groups -OCH3 is 2. The van der Waals surface area contributed by atoms with Crippen molar-refractivity contribution in [2.24, 2.45) is 0 Å². The van der Waals surface area contributed by atoms with Crippen molar-refractivity contribution in [1.29, 1.82) is 0 Å². The van der Waals surface area contributed by atoms with Gasteiger partial charge in [-0.1, -0.05) is 19.1 Å². The molecule has 0 heterocycles. The molecule has 25 heavy (non-hydrogen) atoms. The number of hydrogen-bond acceptors (Lipinski definition) is 6.